The van der Waals surface area contributed by atoms with E-state index in [9.17, 15) is 0 Å². The van der Waals surface area contributed by atoms with Crippen molar-refractivity contribution in [1.29, 1.82) is 0 Å². The predicted molar refractivity (Wildman–Crippen MR) is 62.4 cm³/mol. The Kier molecular flexibility index (Phi) is 3.52. The van der Waals surface area contributed by atoms with Gasteiger partial charge < -0.3 is 0 Å². The van der Waals surface area contributed by atoms with Gasteiger partial charge in [-0.3, -0.25) is 0 Å². The summed E-state index contributed by atoms with van der Waals surface area (Å²) < 4.78 is 0. The Morgan fingerprint density at radius 3 is 2.00 bits per heavy atom. The minimum absolute atomic E-state index is 0.739. The van der Waals surface area contributed by atoms with E-state index in [1.165, 1.54) is 70.6 Å². The van der Waals surface area contributed by atoms with Gasteiger partial charge in [0.05, 0.1) is 0 Å². The lowest BCUT2D eigenvalue weighted by Gasteiger charge is -2.42. The van der Waals surface area contributed by atoms with Crippen LogP contribution in [-0.4, -0.2) is 0 Å². The highest BCUT2D eigenvalue weighted by Gasteiger charge is 2.35. The van der Waals surface area contributed by atoms with Crippen LogP contribution < -0.4 is 0 Å². The summed E-state index contributed by atoms with van der Waals surface area (Å²) in [5, 5.41) is 0. The van der Waals surface area contributed by atoms with Gasteiger partial charge in [-0.25, -0.2) is 0 Å². The zero-order valence-corrected chi connectivity index (χ0v) is 9.86. The molecular weight excluding hydrogens is 168 g/mol. The summed E-state index contributed by atoms with van der Waals surface area (Å²) >= 11 is 0. The van der Waals surface area contributed by atoms with Crippen molar-refractivity contribution in [3.8, 4) is 0 Å². The van der Waals surface area contributed by atoms with E-state index >= 15 is 0 Å². The SMILES string of the molecule is CC12CCCCCCCC1CCCC2. The van der Waals surface area contributed by atoms with E-state index in [2.05, 4.69) is 6.92 Å². The van der Waals surface area contributed by atoms with Gasteiger partial charge in [0.2, 0.25) is 0 Å². The summed E-state index contributed by atoms with van der Waals surface area (Å²) in [5.41, 5.74) is 0.739. The number of hydrogen-bond donors (Lipinski definition) is 0. The molecule has 0 amide bonds. The maximum atomic E-state index is 2.59. The molecule has 0 aromatic rings. The van der Waals surface area contributed by atoms with Crippen LogP contribution in [0.25, 0.3) is 0 Å². The molecule has 2 rings (SSSR count). The van der Waals surface area contributed by atoms with Crippen LogP contribution in [-0.2, 0) is 0 Å². The highest BCUT2D eigenvalue weighted by molar-refractivity contribution is 4.86. The molecule has 0 aliphatic heterocycles. The van der Waals surface area contributed by atoms with Gasteiger partial charge in [0.15, 0.2) is 0 Å². The van der Waals surface area contributed by atoms with Gasteiger partial charge >= 0.3 is 0 Å². The minimum Gasteiger partial charge on any atom is -0.0594 e. The molecule has 0 bridgehead atoms. The smallest absolute Gasteiger partial charge is 0.0298 e. The summed E-state index contributed by atoms with van der Waals surface area (Å²) in [7, 11) is 0. The lowest BCUT2D eigenvalue weighted by Crippen LogP contribution is -2.30. The van der Waals surface area contributed by atoms with Crippen molar-refractivity contribution in [2.45, 2.75) is 77.6 Å². The lowest BCUT2D eigenvalue weighted by molar-refractivity contribution is 0.0946. The largest absolute Gasteiger partial charge is 0.0594 e. The molecule has 0 aromatic carbocycles. The van der Waals surface area contributed by atoms with E-state index in [1.807, 2.05) is 0 Å². The third kappa shape index (κ3) is 2.32. The first-order valence-corrected chi connectivity index (χ1v) is 6.81. The molecule has 2 aliphatic rings. The van der Waals surface area contributed by atoms with Crippen molar-refractivity contribution in [2.24, 2.45) is 11.3 Å². The molecule has 0 saturated heterocycles. The maximum Gasteiger partial charge on any atom is -0.0298 e. The van der Waals surface area contributed by atoms with E-state index in [0.717, 1.165) is 11.3 Å². The Hall–Kier alpha value is 0. The zero-order chi connectivity index (χ0) is 9.86. The fourth-order valence-electron chi connectivity index (χ4n) is 3.74. The van der Waals surface area contributed by atoms with Crippen LogP contribution in [0.3, 0.4) is 0 Å². The van der Waals surface area contributed by atoms with Crippen molar-refractivity contribution >= 4 is 0 Å². The Bertz CT molecular complexity index is 173. The monoisotopic (exact) mass is 194 g/mol. The molecule has 14 heavy (non-hydrogen) atoms. The summed E-state index contributed by atoms with van der Waals surface area (Å²) in [6, 6.07) is 0. The van der Waals surface area contributed by atoms with E-state index in [1.54, 1.807) is 0 Å². The van der Waals surface area contributed by atoms with Gasteiger partial charge in [0.1, 0.15) is 0 Å². The lowest BCUT2D eigenvalue weighted by atomic mass is 9.64. The molecule has 0 heteroatoms. The van der Waals surface area contributed by atoms with Crippen molar-refractivity contribution in [3.63, 3.8) is 0 Å². The fourth-order valence-corrected chi connectivity index (χ4v) is 3.74. The second kappa shape index (κ2) is 4.68. The molecule has 2 unspecified atom stereocenters. The van der Waals surface area contributed by atoms with Gasteiger partial charge in [-0.2, -0.15) is 0 Å². The predicted octanol–water partition coefficient (Wildman–Crippen LogP) is 4.93. The standard InChI is InChI=1S/C14H26/c1-14-11-7-4-2-3-5-9-13(14)10-6-8-12-14/h13H,2-12H2,1H3. The van der Waals surface area contributed by atoms with E-state index in [0.29, 0.717) is 0 Å². The highest BCUT2D eigenvalue weighted by atomic mass is 14.4. The van der Waals surface area contributed by atoms with Crippen LogP contribution in [0, 0.1) is 11.3 Å². The average molecular weight is 194 g/mol. The second-order valence-electron chi connectivity index (χ2n) is 5.90. The summed E-state index contributed by atoms with van der Waals surface area (Å²) in [5.74, 6) is 1.08. The molecular formula is C14H26. The van der Waals surface area contributed by atoms with Crippen LogP contribution >= 0.6 is 0 Å². The first-order valence-electron chi connectivity index (χ1n) is 6.81. The normalized spacial score (nSPS) is 40.5. The minimum atomic E-state index is 0.739. The molecule has 2 aliphatic carbocycles. The zero-order valence-electron chi connectivity index (χ0n) is 9.86. The van der Waals surface area contributed by atoms with Crippen LogP contribution in [0.1, 0.15) is 77.6 Å². The number of rotatable bonds is 0. The van der Waals surface area contributed by atoms with E-state index in [-0.39, 0.29) is 0 Å². The molecule has 2 saturated carbocycles. The van der Waals surface area contributed by atoms with Crippen LogP contribution in [0.5, 0.6) is 0 Å². The van der Waals surface area contributed by atoms with Gasteiger partial charge in [0.25, 0.3) is 0 Å². The topological polar surface area (TPSA) is 0 Å². The van der Waals surface area contributed by atoms with E-state index in [4.69, 9.17) is 0 Å². The molecule has 2 fully saturated rings. The first kappa shape index (κ1) is 10.5. The summed E-state index contributed by atoms with van der Waals surface area (Å²) in [6.07, 6.45) is 16.7. The molecule has 0 aromatic heterocycles. The van der Waals surface area contributed by atoms with Crippen molar-refractivity contribution < 1.29 is 0 Å². The molecule has 2 atom stereocenters. The molecule has 0 heterocycles. The molecule has 0 spiro atoms. The van der Waals surface area contributed by atoms with Gasteiger partial charge in [-0.15, -0.1) is 0 Å². The molecule has 0 radical (unpaired) electrons. The average Bonchev–Trinajstić information content (AvgIpc) is 2.27. The van der Waals surface area contributed by atoms with Gasteiger partial charge in [-0.1, -0.05) is 51.9 Å². The number of fused-ring (bicyclic) bond motifs is 1. The third-order valence-electron chi connectivity index (χ3n) is 4.84. The molecule has 0 N–H and O–H groups in total. The van der Waals surface area contributed by atoms with Crippen LogP contribution in [0.4, 0.5) is 0 Å². The Morgan fingerprint density at radius 2 is 1.21 bits per heavy atom. The van der Waals surface area contributed by atoms with Gasteiger partial charge in [-0.05, 0) is 37.0 Å². The molecule has 0 nitrogen and oxygen atoms in total. The van der Waals surface area contributed by atoms with Gasteiger partial charge in [0, 0.05) is 0 Å². The van der Waals surface area contributed by atoms with Crippen molar-refractivity contribution in [2.75, 3.05) is 0 Å². The summed E-state index contributed by atoms with van der Waals surface area (Å²) in [4.78, 5) is 0. The highest BCUT2D eigenvalue weighted by Crippen LogP contribution is 2.47. The Balaban J connectivity index is 2.01. The van der Waals surface area contributed by atoms with Crippen molar-refractivity contribution in [1.82, 2.24) is 0 Å². The summed E-state index contributed by atoms with van der Waals surface area (Å²) in [6.45, 7) is 2.59. The van der Waals surface area contributed by atoms with Crippen molar-refractivity contribution in [3.05, 3.63) is 0 Å². The Morgan fingerprint density at radius 1 is 0.714 bits per heavy atom. The first-order chi connectivity index (χ1) is 6.81. The van der Waals surface area contributed by atoms with Crippen LogP contribution in [0.2, 0.25) is 0 Å². The second-order valence-corrected chi connectivity index (χ2v) is 5.90. The third-order valence-corrected chi connectivity index (χ3v) is 4.84. The van der Waals surface area contributed by atoms with E-state index < -0.39 is 0 Å². The van der Waals surface area contributed by atoms with Crippen LogP contribution in [0.15, 0.2) is 0 Å². The molecule has 82 valence electrons. The number of hydrogen-bond acceptors (Lipinski definition) is 0. The Labute approximate surface area is 89.5 Å². The maximum absolute atomic E-state index is 2.59. The fraction of sp³-hybridized carbons (Fsp3) is 1.00. The quantitative estimate of drug-likeness (QED) is 0.513.